The lowest BCUT2D eigenvalue weighted by atomic mass is 9.90. The first-order valence-corrected chi connectivity index (χ1v) is 16.0. The largest absolute Gasteiger partial charge is 0.481 e. The summed E-state index contributed by atoms with van der Waals surface area (Å²) in [6, 6.07) is 0. The lowest BCUT2D eigenvalue weighted by Crippen LogP contribution is -2.20. The summed E-state index contributed by atoms with van der Waals surface area (Å²) in [5.74, 6) is -1.41. The van der Waals surface area contributed by atoms with Crippen molar-refractivity contribution in [3.8, 4) is 0 Å². The molecule has 1 spiro atoms. The molecule has 2 fully saturated rings. The van der Waals surface area contributed by atoms with E-state index in [9.17, 15) is 19.8 Å². The topological polar surface area (TPSA) is 134 Å². The zero-order chi connectivity index (χ0) is 30.8. The second-order valence-corrected chi connectivity index (χ2v) is 13.8. The average Bonchev–Trinajstić information content (AvgIpc) is 3.09. The van der Waals surface area contributed by atoms with Crippen LogP contribution < -0.4 is 16.0 Å². The summed E-state index contributed by atoms with van der Waals surface area (Å²) in [6.45, 7) is 13.0. The van der Waals surface area contributed by atoms with E-state index in [1.165, 1.54) is 16.8 Å². The van der Waals surface area contributed by atoms with E-state index in [2.05, 4.69) is 66.2 Å². The SMILES string of the molecule is CCc1c2[nH]c(c1C)/C=C1\N/C(=C\c3[nH]c(c(CCC(=O)O)c3C)/C=c3\[nH]/c(c(C)c3CCC(=O)O)=C\2)C(C)[C@]12S[C@H]2C. The maximum atomic E-state index is 11.6. The van der Waals surface area contributed by atoms with Crippen LogP contribution in [0, 0.1) is 26.7 Å². The van der Waals surface area contributed by atoms with Crippen molar-refractivity contribution in [1.82, 2.24) is 20.3 Å². The number of carbonyl (C=O) groups is 2. The zero-order valence-electron chi connectivity index (χ0n) is 25.6. The Bertz CT molecular complexity index is 1850. The molecule has 6 rings (SSSR count). The zero-order valence-corrected chi connectivity index (χ0v) is 26.4. The molecule has 0 aliphatic carbocycles. The van der Waals surface area contributed by atoms with Crippen LogP contribution in [0.15, 0.2) is 11.4 Å². The van der Waals surface area contributed by atoms with Crippen molar-refractivity contribution in [2.24, 2.45) is 5.92 Å². The number of aromatic nitrogens is 3. The first-order valence-electron chi connectivity index (χ1n) is 15.1. The maximum absolute atomic E-state index is 11.6. The number of carboxylic acid groups (broad SMARTS) is 2. The van der Waals surface area contributed by atoms with Gasteiger partial charge in [0.15, 0.2) is 0 Å². The monoisotopic (exact) mass is 600 g/mol. The van der Waals surface area contributed by atoms with Crippen molar-refractivity contribution in [2.45, 2.75) is 83.6 Å². The summed E-state index contributed by atoms with van der Waals surface area (Å²) >= 11 is 2.00. The number of fused-ring (bicyclic) bond motifs is 9. The lowest BCUT2D eigenvalue weighted by molar-refractivity contribution is -0.138. The van der Waals surface area contributed by atoms with Gasteiger partial charge in [-0.1, -0.05) is 20.8 Å². The van der Waals surface area contributed by atoms with Crippen LogP contribution in [0.3, 0.4) is 0 Å². The average molecular weight is 601 g/mol. The van der Waals surface area contributed by atoms with Crippen LogP contribution in [0.4, 0.5) is 0 Å². The van der Waals surface area contributed by atoms with Gasteiger partial charge in [0.2, 0.25) is 0 Å². The van der Waals surface area contributed by atoms with Gasteiger partial charge in [0, 0.05) is 68.9 Å². The molecular formula is C34H40N4O4S. The molecule has 3 atom stereocenters. The molecule has 3 aromatic heterocycles. The standard InChI is InChI=1S/C34H40N4O4S/c1-7-21-16(2)26-15-31-34(20(6)43-34)19(5)27(38-31)12-24-17(3)22(8-10-32(39)40)29(35-24)14-30-23(9-11-33(41)42)18(4)25(36-30)13-28(21)37-26/h12-15,19-20,35-38H,7-11H2,1-6H3,(H,39,40)(H,41,42)/b25-13-,27-12-,30-14-,31-15-/t19?,20-,34+/m0/s1. The summed E-state index contributed by atoms with van der Waals surface area (Å²) in [4.78, 5) is 34.1. The highest BCUT2D eigenvalue weighted by Crippen LogP contribution is 2.66. The summed E-state index contributed by atoms with van der Waals surface area (Å²) in [6.07, 6.45) is 10.4. The summed E-state index contributed by atoms with van der Waals surface area (Å²) < 4.78 is -0.00121. The van der Waals surface area contributed by atoms with Crippen LogP contribution in [-0.2, 0) is 28.9 Å². The summed E-state index contributed by atoms with van der Waals surface area (Å²) in [7, 11) is 0. The second kappa shape index (κ2) is 10.7. The van der Waals surface area contributed by atoms with Crippen molar-refractivity contribution in [3.63, 3.8) is 0 Å². The molecule has 3 aromatic rings. The van der Waals surface area contributed by atoms with E-state index in [4.69, 9.17) is 0 Å². The van der Waals surface area contributed by atoms with Crippen LogP contribution >= 0.6 is 11.8 Å². The lowest BCUT2D eigenvalue weighted by Gasteiger charge is -2.12. The Hall–Kier alpha value is -3.85. The molecule has 3 aliphatic rings. The van der Waals surface area contributed by atoms with Crippen molar-refractivity contribution in [3.05, 3.63) is 78.2 Å². The van der Waals surface area contributed by atoms with Gasteiger partial charge in [-0.25, -0.2) is 0 Å². The molecule has 6 N–H and O–H groups in total. The van der Waals surface area contributed by atoms with Gasteiger partial charge in [-0.3, -0.25) is 9.59 Å². The molecule has 1 unspecified atom stereocenters. The van der Waals surface area contributed by atoms with Crippen LogP contribution in [-0.4, -0.2) is 47.1 Å². The molecule has 0 amide bonds. The van der Waals surface area contributed by atoms with Gasteiger partial charge >= 0.3 is 11.9 Å². The Balaban J connectivity index is 1.66. The number of aliphatic carboxylic acids is 2. The Morgan fingerprint density at radius 3 is 1.93 bits per heavy atom. The van der Waals surface area contributed by atoms with Gasteiger partial charge in [0.1, 0.15) is 0 Å². The second-order valence-electron chi connectivity index (χ2n) is 12.2. The van der Waals surface area contributed by atoms with E-state index in [-0.39, 0.29) is 23.5 Å². The van der Waals surface area contributed by atoms with E-state index in [0.29, 0.717) is 18.1 Å². The van der Waals surface area contributed by atoms with Crippen LogP contribution in [0.5, 0.6) is 0 Å². The number of thioether (sulfide) groups is 1. The number of hydrogen-bond donors (Lipinski definition) is 6. The van der Waals surface area contributed by atoms with Gasteiger partial charge in [-0.05, 0) is 97.7 Å². The van der Waals surface area contributed by atoms with Crippen molar-refractivity contribution >= 4 is 48.0 Å². The molecule has 0 radical (unpaired) electrons. The quantitative estimate of drug-likeness (QED) is 0.219. The van der Waals surface area contributed by atoms with Crippen LogP contribution in [0.25, 0.3) is 24.3 Å². The molecule has 8 nitrogen and oxygen atoms in total. The highest BCUT2D eigenvalue weighted by Gasteiger charge is 2.63. The van der Waals surface area contributed by atoms with Crippen molar-refractivity contribution in [2.75, 3.05) is 0 Å². The molecule has 2 saturated heterocycles. The normalized spacial score (nSPS) is 26.0. The maximum Gasteiger partial charge on any atom is 0.303 e. The number of carboxylic acids is 2. The Kier molecular flexibility index (Phi) is 7.27. The number of nitrogens with one attached hydrogen (secondary N) is 4. The molecule has 226 valence electrons. The molecular weight excluding hydrogens is 560 g/mol. The van der Waals surface area contributed by atoms with Crippen LogP contribution in [0.2, 0.25) is 0 Å². The minimum absolute atomic E-state index is 0.00121. The Labute approximate surface area is 255 Å². The number of aromatic amines is 3. The van der Waals surface area contributed by atoms with Crippen molar-refractivity contribution < 1.29 is 19.8 Å². The number of allylic oxidation sites excluding steroid dienone is 1. The predicted octanol–water partition coefficient (Wildman–Crippen LogP) is 4.66. The Morgan fingerprint density at radius 2 is 1.33 bits per heavy atom. The van der Waals surface area contributed by atoms with Gasteiger partial charge in [-0.2, -0.15) is 0 Å². The van der Waals surface area contributed by atoms with Gasteiger partial charge < -0.3 is 30.5 Å². The highest BCUT2D eigenvalue weighted by molar-refractivity contribution is 8.09. The fourth-order valence-corrected chi connectivity index (χ4v) is 8.54. The first kappa shape index (κ1) is 29.2. The molecule has 9 heteroatoms. The number of hydrogen-bond acceptors (Lipinski definition) is 4. The third-order valence-corrected chi connectivity index (χ3v) is 11.6. The summed E-state index contributed by atoms with van der Waals surface area (Å²) in [5.41, 5.74) is 12.8. The third kappa shape index (κ3) is 4.87. The minimum Gasteiger partial charge on any atom is -0.481 e. The van der Waals surface area contributed by atoms with Crippen molar-refractivity contribution in [1.29, 1.82) is 0 Å². The smallest absolute Gasteiger partial charge is 0.303 e. The van der Waals surface area contributed by atoms with E-state index in [1.54, 1.807) is 0 Å². The minimum atomic E-state index is -0.842. The van der Waals surface area contributed by atoms with Gasteiger partial charge in [-0.15, -0.1) is 11.8 Å². The fraction of sp³-hybridized carbons (Fsp3) is 0.412. The van der Waals surface area contributed by atoms with E-state index in [0.717, 1.165) is 67.8 Å². The summed E-state index contributed by atoms with van der Waals surface area (Å²) in [5, 5.41) is 25.1. The van der Waals surface area contributed by atoms with E-state index < -0.39 is 11.9 Å². The van der Waals surface area contributed by atoms with Crippen LogP contribution in [0.1, 0.15) is 89.8 Å². The Morgan fingerprint density at radius 1 is 0.767 bits per heavy atom. The molecule has 3 aliphatic heterocycles. The molecule has 0 saturated carbocycles. The molecule has 0 aromatic carbocycles. The number of H-pyrrole nitrogens is 3. The van der Waals surface area contributed by atoms with E-state index in [1.807, 2.05) is 31.7 Å². The predicted molar refractivity (Wildman–Crippen MR) is 172 cm³/mol. The molecule has 8 bridgehead atoms. The van der Waals surface area contributed by atoms with E-state index >= 15 is 0 Å². The number of rotatable bonds is 7. The third-order valence-electron chi connectivity index (χ3n) is 9.78. The van der Waals surface area contributed by atoms with Gasteiger partial charge in [0.05, 0.1) is 4.75 Å². The first-order chi connectivity index (χ1) is 20.4. The van der Waals surface area contributed by atoms with Gasteiger partial charge in [0.25, 0.3) is 0 Å². The molecule has 43 heavy (non-hydrogen) atoms. The molecule has 6 heterocycles. The highest BCUT2D eigenvalue weighted by atomic mass is 32.2. The fourth-order valence-electron chi connectivity index (χ4n) is 7.12.